The molecular formula is C18H24N4O. The highest BCUT2D eigenvalue weighted by atomic mass is 16.5. The first-order valence-corrected chi connectivity index (χ1v) is 8.01. The van der Waals surface area contributed by atoms with Crippen LogP contribution in [0.5, 0.6) is 5.75 Å². The van der Waals surface area contributed by atoms with E-state index in [2.05, 4.69) is 38.9 Å². The van der Waals surface area contributed by atoms with Crippen LogP contribution in [-0.2, 0) is 6.54 Å². The average Bonchev–Trinajstić information content (AvgIpc) is 2.57. The minimum Gasteiger partial charge on any atom is -0.497 e. The van der Waals surface area contributed by atoms with Crippen molar-refractivity contribution in [2.24, 2.45) is 0 Å². The molecule has 0 amide bonds. The smallest absolute Gasteiger partial charge is 0.125 e. The molecule has 1 saturated heterocycles. The van der Waals surface area contributed by atoms with Crippen molar-refractivity contribution in [2.45, 2.75) is 19.5 Å². The van der Waals surface area contributed by atoms with Crippen molar-refractivity contribution in [3.8, 4) is 5.75 Å². The van der Waals surface area contributed by atoms with Gasteiger partial charge in [-0.3, -0.25) is 9.80 Å². The largest absolute Gasteiger partial charge is 0.497 e. The van der Waals surface area contributed by atoms with Gasteiger partial charge in [-0.05, 0) is 37.7 Å². The first-order chi connectivity index (χ1) is 11.2. The maximum absolute atomic E-state index is 5.26. The lowest BCUT2D eigenvalue weighted by atomic mass is 10.0. The van der Waals surface area contributed by atoms with Crippen LogP contribution in [0.25, 0.3) is 0 Å². The number of ether oxygens (including phenoxy) is 1. The second-order valence-electron chi connectivity index (χ2n) is 6.10. The highest BCUT2D eigenvalue weighted by Gasteiger charge is 2.25. The molecule has 1 aliphatic heterocycles. The average molecular weight is 312 g/mol. The third-order valence-electron chi connectivity index (χ3n) is 4.45. The fourth-order valence-electron chi connectivity index (χ4n) is 3.08. The lowest BCUT2D eigenvalue weighted by molar-refractivity contribution is 0.0895. The lowest BCUT2D eigenvalue weighted by Gasteiger charge is -2.39. The van der Waals surface area contributed by atoms with Gasteiger partial charge in [0.25, 0.3) is 0 Å². The van der Waals surface area contributed by atoms with Crippen molar-refractivity contribution >= 4 is 0 Å². The van der Waals surface area contributed by atoms with Crippen molar-refractivity contribution < 1.29 is 4.74 Å². The van der Waals surface area contributed by atoms with Gasteiger partial charge in [0.1, 0.15) is 11.6 Å². The summed E-state index contributed by atoms with van der Waals surface area (Å²) in [5.74, 6) is 1.74. The second-order valence-corrected chi connectivity index (χ2v) is 6.10. The van der Waals surface area contributed by atoms with Gasteiger partial charge in [-0.1, -0.05) is 12.1 Å². The molecule has 0 N–H and O–H groups in total. The molecule has 0 radical (unpaired) electrons. The van der Waals surface area contributed by atoms with Crippen LogP contribution in [0.2, 0.25) is 0 Å². The van der Waals surface area contributed by atoms with E-state index in [4.69, 9.17) is 4.74 Å². The standard InChI is InChI=1S/C18H24N4O/c1-14-19-9-8-16(20-14)12-22-11-10-21(2)18(13-22)15-4-6-17(23-3)7-5-15/h4-9,18H,10-13H2,1-3H3. The van der Waals surface area contributed by atoms with E-state index in [1.807, 2.05) is 31.3 Å². The summed E-state index contributed by atoms with van der Waals surface area (Å²) in [4.78, 5) is 13.6. The van der Waals surface area contributed by atoms with Gasteiger partial charge in [0.15, 0.2) is 0 Å². The van der Waals surface area contributed by atoms with Crippen LogP contribution in [0, 0.1) is 6.92 Å². The Morgan fingerprint density at radius 1 is 1.17 bits per heavy atom. The van der Waals surface area contributed by atoms with Gasteiger partial charge in [-0.2, -0.15) is 0 Å². The molecule has 2 aromatic rings. The van der Waals surface area contributed by atoms with Crippen LogP contribution in [0.15, 0.2) is 36.5 Å². The molecule has 1 aromatic carbocycles. The minimum atomic E-state index is 0.401. The highest BCUT2D eigenvalue weighted by Crippen LogP contribution is 2.26. The molecule has 1 aliphatic rings. The molecule has 0 saturated carbocycles. The van der Waals surface area contributed by atoms with Gasteiger partial charge >= 0.3 is 0 Å². The van der Waals surface area contributed by atoms with Crippen LogP contribution in [0.1, 0.15) is 23.1 Å². The van der Waals surface area contributed by atoms with Crippen LogP contribution >= 0.6 is 0 Å². The summed E-state index contributed by atoms with van der Waals surface area (Å²) in [6, 6.07) is 10.8. The summed E-state index contributed by atoms with van der Waals surface area (Å²) in [6.07, 6.45) is 1.84. The molecule has 0 aliphatic carbocycles. The summed E-state index contributed by atoms with van der Waals surface area (Å²) >= 11 is 0. The molecule has 1 atom stereocenters. The highest BCUT2D eigenvalue weighted by molar-refractivity contribution is 5.29. The topological polar surface area (TPSA) is 41.5 Å². The number of aryl methyl sites for hydroxylation is 1. The van der Waals surface area contributed by atoms with E-state index in [0.717, 1.165) is 43.4 Å². The second kappa shape index (κ2) is 7.06. The number of piperazine rings is 1. The molecule has 2 heterocycles. The Hall–Kier alpha value is -1.98. The third kappa shape index (κ3) is 3.86. The summed E-state index contributed by atoms with van der Waals surface area (Å²) < 4.78 is 5.26. The normalized spacial score (nSPS) is 19.7. The molecule has 5 heteroatoms. The molecule has 122 valence electrons. The number of aromatic nitrogens is 2. The number of hydrogen-bond acceptors (Lipinski definition) is 5. The fourth-order valence-corrected chi connectivity index (χ4v) is 3.08. The Balaban J connectivity index is 1.70. The number of benzene rings is 1. The lowest BCUT2D eigenvalue weighted by Crippen LogP contribution is -2.46. The molecule has 23 heavy (non-hydrogen) atoms. The quantitative estimate of drug-likeness (QED) is 0.866. The summed E-state index contributed by atoms with van der Waals surface area (Å²) in [5.41, 5.74) is 2.42. The van der Waals surface area contributed by atoms with Gasteiger partial charge in [-0.15, -0.1) is 0 Å². The molecule has 5 nitrogen and oxygen atoms in total. The molecular weight excluding hydrogens is 288 g/mol. The molecule has 1 fully saturated rings. The predicted molar refractivity (Wildman–Crippen MR) is 90.4 cm³/mol. The van der Waals surface area contributed by atoms with Crippen LogP contribution in [-0.4, -0.2) is 53.6 Å². The number of nitrogens with zero attached hydrogens (tertiary/aromatic N) is 4. The van der Waals surface area contributed by atoms with E-state index in [1.165, 1.54) is 5.56 Å². The number of likely N-dealkylation sites (N-methyl/N-ethyl adjacent to an activating group) is 1. The Kier molecular flexibility index (Phi) is 4.88. The van der Waals surface area contributed by atoms with E-state index in [9.17, 15) is 0 Å². The Bertz CT molecular complexity index is 644. The summed E-state index contributed by atoms with van der Waals surface area (Å²) in [7, 11) is 3.90. The van der Waals surface area contributed by atoms with Crippen LogP contribution in [0.4, 0.5) is 0 Å². The zero-order valence-corrected chi connectivity index (χ0v) is 14.1. The van der Waals surface area contributed by atoms with Gasteiger partial charge in [0.05, 0.1) is 12.8 Å². The monoisotopic (exact) mass is 312 g/mol. The van der Waals surface area contributed by atoms with E-state index in [1.54, 1.807) is 7.11 Å². The Morgan fingerprint density at radius 3 is 2.65 bits per heavy atom. The van der Waals surface area contributed by atoms with Gasteiger partial charge in [0.2, 0.25) is 0 Å². The van der Waals surface area contributed by atoms with Crippen molar-refractivity contribution in [3.05, 3.63) is 53.6 Å². The molecule has 3 rings (SSSR count). The van der Waals surface area contributed by atoms with E-state index < -0.39 is 0 Å². The Morgan fingerprint density at radius 2 is 1.96 bits per heavy atom. The van der Waals surface area contributed by atoms with E-state index >= 15 is 0 Å². The van der Waals surface area contributed by atoms with Gasteiger partial charge in [0, 0.05) is 38.4 Å². The van der Waals surface area contributed by atoms with Crippen molar-refractivity contribution in [1.82, 2.24) is 19.8 Å². The SMILES string of the molecule is COc1ccc(C2CN(Cc3ccnc(C)n3)CCN2C)cc1. The molecule has 0 spiro atoms. The minimum absolute atomic E-state index is 0.401. The van der Waals surface area contributed by atoms with Crippen molar-refractivity contribution in [1.29, 1.82) is 0 Å². The zero-order chi connectivity index (χ0) is 16.2. The molecule has 0 bridgehead atoms. The van der Waals surface area contributed by atoms with Crippen LogP contribution < -0.4 is 4.74 Å². The maximum Gasteiger partial charge on any atom is 0.125 e. The van der Waals surface area contributed by atoms with Crippen molar-refractivity contribution in [2.75, 3.05) is 33.8 Å². The predicted octanol–water partition coefficient (Wildman–Crippen LogP) is 2.28. The van der Waals surface area contributed by atoms with E-state index in [0.29, 0.717) is 6.04 Å². The van der Waals surface area contributed by atoms with Crippen LogP contribution in [0.3, 0.4) is 0 Å². The van der Waals surface area contributed by atoms with Crippen molar-refractivity contribution in [3.63, 3.8) is 0 Å². The maximum atomic E-state index is 5.26. The zero-order valence-electron chi connectivity index (χ0n) is 14.1. The number of hydrogen-bond donors (Lipinski definition) is 0. The fraction of sp³-hybridized carbons (Fsp3) is 0.444. The third-order valence-corrected chi connectivity index (χ3v) is 4.45. The van der Waals surface area contributed by atoms with Gasteiger partial charge in [-0.25, -0.2) is 9.97 Å². The first kappa shape index (κ1) is 15.9. The summed E-state index contributed by atoms with van der Waals surface area (Å²) in [5, 5.41) is 0. The number of rotatable bonds is 4. The van der Waals surface area contributed by atoms with E-state index in [-0.39, 0.29) is 0 Å². The van der Waals surface area contributed by atoms with Gasteiger partial charge < -0.3 is 4.74 Å². The Labute approximate surface area is 137 Å². The summed E-state index contributed by atoms with van der Waals surface area (Å²) in [6.45, 7) is 5.94. The first-order valence-electron chi connectivity index (χ1n) is 8.01. The molecule has 1 aromatic heterocycles. The number of methoxy groups -OCH3 is 1. The molecule has 1 unspecified atom stereocenters.